The first-order chi connectivity index (χ1) is 6.63. The quantitative estimate of drug-likeness (QED) is 0.364. The maximum Gasteiger partial charge on any atom is 0.239 e. The molecule has 1 aromatic heterocycles. The van der Waals surface area contributed by atoms with E-state index in [9.17, 15) is 4.79 Å². The number of carbonyl (C=O) groups is 1. The largest absolute Gasteiger partial charge is 0.368 e. The molecule has 6 N–H and O–H groups in total. The lowest BCUT2D eigenvalue weighted by Crippen LogP contribution is -2.32. The van der Waals surface area contributed by atoms with Crippen molar-refractivity contribution in [1.82, 2.24) is 9.97 Å². The Balaban J connectivity index is 2.71. The normalized spacial score (nSPS) is 11.9. The van der Waals surface area contributed by atoms with Crippen molar-refractivity contribution < 1.29 is 4.79 Å². The van der Waals surface area contributed by atoms with Crippen molar-refractivity contribution in [3.8, 4) is 0 Å². The highest BCUT2D eigenvalue weighted by Crippen LogP contribution is 2.05. The summed E-state index contributed by atoms with van der Waals surface area (Å²) < 4.78 is 0. The summed E-state index contributed by atoms with van der Waals surface area (Å²) in [5.41, 5.74) is 7.36. The summed E-state index contributed by atoms with van der Waals surface area (Å²) in [6, 6.07) is 1.12. The zero-order valence-electron chi connectivity index (χ0n) is 7.69. The maximum absolute atomic E-state index is 10.7. The van der Waals surface area contributed by atoms with Crippen LogP contribution in [-0.4, -0.2) is 21.9 Å². The highest BCUT2D eigenvalue weighted by atomic mass is 16.1. The summed E-state index contributed by atoms with van der Waals surface area (Å²) in [4.78, 5) is 18.5. The van der Waals surface area contributed by atoms with Crippen molar-refractivity contribution in [3.63, 3.8) is 0 Å². The topological polar surface area (TPSA) is 119 Å². The van der Waals surface area contributed by atoms with Crippen molar-refractivity contribution in [2.75, 3.05) is 10.7 Å². The molecule has 76 valence electrons. The summed E-state index contributed by atoms with van der Waals surface area (Å²) >= 11 is 0. The fraction of sp³-hybridized carbons (Fsp3) is 0.286. The van der Waals surface area contributed by atoms with Gasteiger partial charge in [-0.25, -0.2) is 10.8 Å². The third-order valence-electron chi connectivity index (χ3n) is 1.58. The smallest absolute Gasteiger partial charge is 0.239 e. The second kappa shape index (κ2) is 4.38. The molecule has 1 unspecified atom stereocenters. The van der Waals surface area contributed by atoms with Crippen molar-refractivity contribution in [2.45, 2.75) is 13.0 Å². The van der Waals surface area contributed by atoms with Crippen LogP contribution in [-0.2, 0) is 4.79 Å². The van der Waals surface area contributed by atoms with Crippen molar-refractivity contribution in [1.29, 1.82) is 0 Å². The standard InChI is InChI=1S/C7H12N6O/c1-4(6(8)14)11-5-2-3-10-7(12-5)13-9/h2-4H,9H2,1H3,(H2,8,14)(H2,10,11,12,13). The van der Waals surface area contributed by atoms with Crippen molar-refractivity contribution in [2.24, 2.45) is 11.6 Å². The van der Waals surface area contributed by atoms with Gasteiger partial charge < -0.3 is 11.1 Å². The highest BCUT2D eigenvalue weighted by Gasteiger charge is 2.08. The first kappa shape index (κ1) is 10.2. The van der Waals surface area contributed by atoms with Gasteiger partial charge in [-0.3, -0.25) is 10.2 Å². The number of nitrogens with two attached hydrogens (primary N) is 2. The highest BCUT2D eigenvalue weighted by molar-refractivity contribution is 5.82. The van der Waals surface area contributed by atoms with Crippen LogP contribution in [0.3, 0.4) is 0 Å². The molecule has 14 heavy (non-hydrogen) atoms. The molecule has 0 bridgehead atoms. The fourth-order valence-corrected chi connectivity index (χ4v) is 0.802. The summed E-state index contributed by atoms with van der Waals surface area (Å²) in [6.07, 6.45) is 1.51. The molecule has 0 fully saturated rings. The van der Waals surface area contributed by atoms with E-state index in [2.05, 4.69) is 20.7 Å². The lowest BCUT2D eigenvalue weighted by molar-refractivity contribution is -0.118. The third kappa shape index (κ3) is 2.56. The van der Waals surface area contributed by atoms with Gasteiger partial charge in [0, 0.05) is 6.20 Å². The van der Waals surface area contributed by atoms with Gasteiger partial charge in [-0.2, -0.15) is 4.98 Å². The average Bonchev–Trinajstić information content (AvgIpc) is 2.18. The Bertz CT molecular complexity index is 328. The predicted octanol–water partition coefficient (Wildman–Crippen LogP) is -0.952. The number of amides is 1. The average molecular weight is 196 g/mol. The summed E-state index contributed by atoms with van der Waals surface area (Å²) in [7, 11) is 0. The van der Waals surface area contributed by atoms with Crippen LogP contribution in [0.2, 0.25) is 0 Å². The number of hydrazine groups is 1. The Kier molecular flexibility index (Phi) is 3.19. The second-order valence-electron chi connectivity index (χ2n) is 2.68. The zero-order valence-corrected chi connectivity index (χ0v) is 7.69. The molecule has 0 aromatic carbocycles. The number of primary amides is 1. The van der Waals surface area contributed by atoms with Gasteiger partial charge in [-0.05, 0) is 13.0 Å². The van der Waals surface area contributed by atoms with Crippen LogP contribution in [0.1, 0.15) is 6.92 Å². The molecular formula is C7H12N6O. The van der Waals surface area contributed by atoms with E-state index in [-0.39, 0.29) is 5.95 Å². The Labute approximate surface area is 80.9 Å². The van der Waals surface area contributed by atoms with E-state index >= 15 is 0 Å². The van der Waals surface area contributed by atoms with Gasteiger partial charge in [-0.15, -0.1) is 0 Å². The van der Waals surface area contributed by atoms with Crippen LogP contribution in [0.25, 0.3) is 0 Å². The SMILES string of the molecule is CC(Nc1ccnc(NN)n1)C(N)=O. The minimum atomic E-state index is -0.490. The maximum atomic E-state index is 10.7. The lowest BCUT2D eigenvalue weighted by Gasteiger charge is -2.10. The molecule has 0 radical (unpaired) electrons. The molecule has 0 aliphatic heterocycles. The number of nitrogen functional groups attached to an aromatic ring is 1. The van der Waals surface area contributed by atoms with Crippen LogP contribution in [0, 0.1) is 0 Å². The molecule has 1 aromatic rings. The van der Waals surface area contributed by atoms with Crippen LogP contribution in [0.15, 0.2) is 12.3 Å². The number of aromatic nitrogens is 2. The molecule has 1 atom stereocenters. The molecule has 7 nitrogen and oxygen atoms in total. The molecule has 0 aliphatic rings. The van der Waals surface area contributed by atoms with E-state index in [4.69, 9.17) is 11.6 Å². The monoisotopic (exact) mass is 196 g/mol. The van der Waals surface area contributed by atoms with Crippen LogP contribution in [0.5, 0.6) is 0 Å². The summed E-state index contributed by atoms with van der Waals surface area (Å²) in [6.45, 7) is 1.64. The number of nitrogens with one attached hydrogen (secondary N) is 2. The van der Waals surface area contributed by atoms with Crippen molar-refractivity contribution in [3.05, 3.63) is 12.3 Å². The Morgan fingerprint density at radius 2 is 2.36 bits per heavy atom. The van der Waals surface area contributed by atoms with E-state index in [0.717, 1.165) is 0 Å². The first-order valence-corrected chi connectivity index (χ1v) is 3.99. The number of rotatable bonds is 4. The van der Waals surface area contributed by atoms with E-state index in [1.807, 2.05) is 0 Å². The fourth-order valence-electron chi connectivity index (χ4n) is 0.802. The Hall–Kier alpha value is -1.89. The molecular weight excluding hydrogens is 184 g/mol. The number of hydrogen-bond donors (Lipinski definition) is 4. The third-order valence-corrected chi connectivity index (χ3v) is 1.58. The first-order valence-electron chi connectivity index (χ1n) is 3.99. The number of carbonyl (C=O) groups excluding carboxylic acids is 1. The molecule has 0 saturated heterocycles. The molecule has 1 rings (SSSR count). The summed E-state index contributed by atoms with van der Waals surface area (Å²) in [5.74, 6) is 5.42. The van der Waals surface area contributed by atoms with Gasteiger partial charge in [0.15, 0.2) is 0 Å². The van der Waals surface area contributed by atoms with E-state index in [1.165, 1.54) is 6.20 Å². The minimum Gasteiger partial charge on any atom is -0.368 e. The molecule has 0 aliphatic carbocycles. The molecule has 1 heterocycles. The van der Waals surface area contributed by atoms with Crippen molar-refractivity contribution >= 4 is 17.7 Å². The van der Waals surface area contributed by atoms with Gasteiger partial charge >= 0.3 is 0 Å². The summed E-state index contributed by atoms with van der Waals surface area (Å²) in [5, 5.41) is 2.79. The number of hydrogen-bond acceptors (Lipinski definition) is 6. The molecule has 0 spiro atoms. The number of anilines is 2. The molecule has 1 amide bonds. The van der Waals surface area contributed by atoms with Gasteiger partial charge in [-0.1, -0.05) is 0 Å². The van der Waals surface area contributed by atoms with E-state index < -0.39 is 11.9 Å². The second-order valence-corrected chi connectivity index (χ2v) is 2.68. The minimum absolute atomic E-state index is 0.270. The van der Waals surface area contributed by atoms with Gasteiger partial charge in [0.25, 0.3) is 0 Å². The van der Waals surface area contributed by atoms with Crippen LogP contribution in [0.4, 0.5) is 11.8 Å². The predicted molar refractivity (Wildman–Crippen MR) is 52.1 cm³/mol. The Morgan fingerprint density at radius 1 is 1.64 bits per heavy atom. The van der Waals surface area contributed by atoms with Gasteiger partial charge in [0.1, 0.15) is 11.9 Å². The van der Waals surface area contributed by atoms with Gasteiger partial charge in [0.2, 0.25) is 11.9 Å². The van der Waals surface area contributed by atoms with Crippen LogP contribution >= 0.6 is 0 Å². The van der Waals surface area contributed by atoms with Crippen LogP contribution < -0.4 is 22.3 Å². The van der Waals surface area contributed by atoms with E-state index in [1.54, 1.807) is 13.0 Å². The van der Waals surface area contributed by atoms with Gasteiger partial charge in [0.05, 0.1) is 0 Å². The molecule has 7 heteroatoms. The zero-order chi connectivity index (χ0) is 10.6. The van der Waals surface area contributed by atoms with E-state index in [0.29, 0.717) is 5.82 Å². The molecule has 0 saturated carbocycles. The lowest BCUT2D eigenvalue weighted by atomic mass is 10.3. The Morgan fingerprint density at radius 3 is 2.93 bits per heavy atom. The number of nitrogens with zero attached hydrogens (tertiary/aromatic N) is 2.